The van der Waals surface area contributed by atoms with Gasteiger partial charge >= 0.3 is 0 Å². The van der Waals surface area contributed by atoms with Gasteiger partial charge in [0.2, 0.25) is 10.0 Å². The molecule has 6 nitrogen and oxygen atoms in total. The molecular weight excluding hydrogens is 278 g/mol. The van der Waals surface area contributed by atoms with Crippen LogP contribution in [-0.4, -0.2) is 23.7 Å². The van der Waals surface area contributed by atoms with Gasteiger partial charge in [0, 0.05) is 17.8 Å². The average Bonchev–Trinajstić information content (AvgIpc) is 2.82. The standard InChI is InChI=1S/C13H17N3O3S/c1-9-3-4-13(5-11(9)8-17)20(18,19)15-7-12-6-14-16-10(12)2/h3-6,15,17H,7-8H2,1-2H3,(H,14,16). The zero-order chi connectivity index (χ0) is 14.8. The number of aromatic nitrogens is 2. The first-order valence-corrected chi connectivity index (χ1v) is 7.61. The second kappa shape index (κ2) is 5.74. The van der Waals surface area contributed by atoms with E-state index in [1.807, 2.05) is 13.8 Å². The SMILES string of the molecule is Cc1ccc(S(=O)(=O)NCc2cn[nH]c2C)cc1CO. The lowest BCUT2D eigenvalue weighted by Crippen LogP contribution is -2.23. The van der Waals surface area contributed by atoms with Crippen LogP contribution < -0.4 is 4.72 Å². The van der Waals surface area contributed by atoms with Crippen molar-refractivity contribution in [2.45, 2.75) is 31.9 Å². The summed E-state index contributed by atoms with van der Waals surface area (Å²) in [5.41, 5.74) is 3.08. The second-order valence-corrected chi connectivity index (χ2v) is 6.36. The van der Waals surface area contributed by atoms with Crippen LogP contribution in [0.25, 0.3) is 0 Å². The summed E-state index contributed by atoms with van der Waals surface area (Å²) in [6.07, 6.45) is 1.59. The van der Waals surface area contributed by atoms with Gasteiger partial charge in [-0.15, -0.1) is 0 Å². The minimum atomic E-state index is -3.61. The number of rotatable bonds is 5. The molecule has 7 heteroatoms. The summed E-state index contributed by atoms with van der Waals surface area (Å²) in [7, 11) is -3.61. The number of aliphatic hydroxyl groups excluding tert-OH is 1. The first-order valence-electron chi connectivity index (χ1n) is 6.13. The van der Waals surface area contributed by atoms with Crippen LogP contribution in [0, 0.1) is 13.8 Å². The van der Waals surface area contributed by atoms with Gasteiger partial charge in [0.05, 0.1) is 17.7 Å². The number of hydrogen-bond acceptors (Lipinski definition) is 4. The van der Waals surface area contributed by atoms with Crippen molar-refractivity contribution in [2.24, 2.45) is 0 Å². The average molecular weight is 295 g/mol. The second-order valence-electron chi connectivity index (χ2n) is 4.59. The number of aliphatic hydroxyl groups is 1. The van der Waals surface area contributed by atoms with E-state index in [4.69, 9.17) is 0 Å². The Kier molecular flexibility index (Phi) is 4.22. The highest BCUT2D eigenvalue weighted by Gasteiger charge is 2.15. The highest BCUT2D eigenvalue weighted by molar-refractivity contribution is 7.89. The van der Waals surface area contributed by atoms with Crippen LogP contribution in [0.3, 0.4) is 0 Å². The maximum absolute atomic E-state index is 12.2. The van der Waals surface area contributed by atoms with Gasteiger partial charge in [0.15, 0.2) is 0 Å². The van der Waals surface area contributed by atoms with Crippen LogP contribution in [0.1, 0.15) is 22.4 Å². The predicted molar refractivity (Wildman–Crippen MR) is 74.5 cm³/mol. The Morgan fingerprint density at radius 3 is 2.65 bits per heavy atom. The smallest absolute Gasteiger partial charge is 0.240 e. The zero-order valence-electron chi connectivity index (χ0n) is 11.3. The number of benzene rings is 1. The Morgan fingerprint density at radius 2 is 2.05 bits per heavy atom. The molecule has 0 bridgehead atoms. The summed E-state index contributed by atoms with van der Waals surface area (Å²) in [5, 5.41) is 15.8. The largest absolute Gasteiger partial charge is 0.392 e. The van der Waals surface area contributed by atoms with Gasteiger partial charge in [-0.3, -0.25) is 5.10 Å². The molecule has 20 heavy (non-hydrogen) atoms. The predicted octanol–water partition coefficient (Wildman–Crippen LogP) is 0.997. The lowest BCUT2D eigenvalue weighted by molar-refractivity contribution is 0.280. The number of nitrogens with zero attached hydrogens (tertiary/aromatic N) is 1. The van der Waals surface area contributed by atoms with Crippen LogP contribution in [0.15, 0.2) is 29.3 Å². The summed E-state index contributed by atoms with van der Waals surface area (Å²) < 4.78 is 26.9. The Morgan fingerprint density at radius 1 is 1.30 bits per heavy atom. The van der Waals surface area contributed by atoms with Gasteiger partial charge in [-0.05, 0) is 37.1 Å². The van der Waals surface area contributed by atoms with Gasteiger partial charge in [-0.25, -0.2) is 13.1 Å². The van der Waals surface area contributed by atoms with Gasteiger partial charge in [0.25, 0.3) is 0 Å². The number of aromatic amines is 1. The molecule has 0 radical (unpaired) electrons. The lowest BCUT2D eigenvalue weighted by Gasteiger charge is -2.09. The number of sulfonamides is 1. The normalized spacial score (nSPS) is 11.8. The highest BCUT2D eigenvalue weighted by atomic mass is 32.2. The maximum atomic E-state index is 12.2. The molecule has 0 saturated carbocycles. The Bertz CT molecular complexity index is 707. The summed E-state index contributed by atoms with van der Waals surface area (Å²) in [4.78, 5) is 0.147. The molecule has 0 aliphatic carbocycles. The van der Waals surface area contributed by atoms with Crippen molar-refractivity contribution in [1.82, 2.24) is 14.9 Å². The molecule has 1 aromatic heterocycles. The van der Waals surface area contributed by atoms with Crippen molar-refractivity contribution in [3.8, 4) is 0 Å². The quantitative estimate of drug-likeness (QED) is 0.767. The van der Waals surface area contributed by atoms with Crippen molar-refractivity contribution in [3.05, 3.63) is 46.8 Å². The monoisotopic (exact) mass is 295 g/mol. The molecule has 0 aliphatic rings. The molecule has 0 fully saturated rings. The van der Waals surface area contributed by atoms with E-state index in [0.29, 0.717) is 5.56 Å². The van der Waals surface area contributed by atoms with E-state index >= 15 is 0 Å². The molecule has 0 atom stereocenters. The molecule has 0 spiro atoms. The minimum absolute atomic E-state index is 0.147. The molecule has 3 N–H and O–H groups in total. The van der Waals surface area contributed by atoms with Crippen LogP contribution in [-0.2, 0) is 23.2 Å². The third kappa shape index (κ3) is 3.06. The van der Waals surface area contributed by atoms with Gasteiger partial charge < -0.3 is 5.11 Å². The Hall–Kier alpha value is -1.70. The van der Waals surface area contributed by atoms with E-state index in [2.05, 4.69) is 14.9 Å². The summed E-state index contributed by atoms with van der Waals surface area (Å²) in [5.74, 6) is 0. The van der Waals surface area contributed by atoms with Crippen LogP contribution >= 0.6 is 0 Å². The number of hydrogen-bond donors (Lipinski definition) is 3. The minimum Gasteiger partial charge on any atom is -0.392 e. The van der Waals surface area contributed by atoms with Crippen LogP contribution in [0.4, 0.5) is 0 Å². The Labute approximate surface area is 117 Å². The zero-order valence-corrected chi connectivity index (χ0v) is 12.2. The third-order valence-electron chi connectivity index (χ3n) is 3.19. The molecule has 1 heterocycles. The number of H-pyrrole nitrogens is 1. The van der Waals surface area contributed by atoms with E-state index in [1.165, 1.54) is 12.1 Å². The molecule has 0 aliphatic heterocycles. The molecule has 2 aromatic rings. The van der Waals surface area contributed by atoms with E-state index in [-0.39, 0.29) is 18.0 Å². The van der Waals surface area contributed by atoms with Crippen molar-refractivity contribution in [3.63, 3.8) is 0 Å². The van der Waals surface area contributed by atoms with E-state index in [1.54, 1.807) is 12.3 Å². The van der Waals surface area contributed by atoms with Crippen molar-refractivity contribution < 1.29 is 13.5 Å². The molecule has 108 valence electrons. The van der Waals surface area contributed by atoms with Gasteiger partial charge in [-0.1, -0.05) is 6.07 Å². The van der Waals surface area contributed by atoms with Gasteiger partial charge in [-0.2, -0.15) is 5.10 Å². The molecule has 2 rings (SSSR count). The molecule has 0 amide bonds. The van der Waals surface area contributed by atoms with E-state index < -0.39 is 10.0 Å². The fraction of sp³-hybridized carbons (Fsp3) is 0.308. The van der Waals surface area contributed by atoms with E-state index in [0.717, 1.165) is 16.8 Å². The molecule has 0 unspecified atom stereocenters. The first-order chi connectivity index (χ1) is 9.44. The first kappa shape index (κ1) is 14.7. The van der Waals surface area contributed by atoms with E-state index in [9.17, 15) is 13.5 Å². The van der Waals surface area contributed by atoms with Crippen LogP contribution in [0.2, 0.25) is 0 Å². The van der Waals surface area contributed by atoms with Crippen molar-refractivity contribution >= 4 is 10.0 Å². The molecule has 1 aromatic carbocycles. The highest BCUT2D eigenvalue weighted by Crippen LogP contribution is 2.16. The van der Waals surface area contributed by atoms with Gasteiger partial charge in [0.1, 0.15) is 0 Å². The Balaban J connectivity index is 2.20. The third-order valence-corrected chi connectivity index (χ3v) is 4.59. The summed E-state index contributed by atoms with van der Waals surface area (Å²) in [6, 6.07) is 4.70. The van der Waals surface area contributed by atoms with Crippen LogP contribution in [0.5, 0.6) is 0 Å². The van der Waals surface area contributed by atoms with Crippen molar-refractivity contribution in [2.75, 3.05) is 0 Å². The fourth-order valence-corrected chi connectivity index (χ4v) is 2.85. The summed E-state index contributed by atoms with van der Waals surface area (Å²) >= 11 is 0. The topological polar surface area (TPSA) is 95.1 Å². The number of nitrogens with one attached hydrogen (secondary N) is 2. The molecular formula is C13H17N3O3S. The summed E-state index contributed by atoms with van der Waals surface area (Å²) in [6.45, 7) is 3.64. The fourth-order valence-electron chi connectivity index (χ4n) is 1.80. The maximum Gasteiger partial charge on any atom is 0.240 e. The van der Waals surface area contributed by atoms with Crippen molar-refractivity contribution in [1.29, 1.82) is 0 Å². The lowest BCUT2D eigenvalue weighted by atomic mass is 10.1. The molecule has 0 saturated heterocycles. The number of aryl methyl sites for hydroxylation is 2.